The summed E-state index contributed by atoms with van der Waals surface area (Å²) in [6.07, 6.45) is 0. The summed E-state index contributed by atoms with van der Waals surface area (Å²) in [5.41, 5.74) is 0.560. The number of hydrogen-bond donors (Lipinski definition) is 0. The molecule has 2 rings (SSSR count). The van der Waals surface area contributed by atoms with Crippen LogP contribution in [-0.4, -0.2) is 47.9 Å². The highest BCUT2D eigenvalue weighted by molar-refractivity contribution is 7.11. The summed E-state index contributed by atoms with van der Waals surface area (Å²) in [7, 11) is 4.04. The highest BCUT2D eigenvalue weighted by atomic mass is 32.1. The van der Waals surface area contributed by atoms with Gasteiger partial charge in [-0.3, -0.25) is 4.79 Å². The second-order valence-electron chi connectivity index (χ2n) is 5.29. The fourth-order valence-corrected chi connectivity index (χ4v) is 3.45. The smallest absolute Gasteiger partial charge is 0.273 e. The third kappa shape index (κ3) is 4.62. The quantitative estimate of drug-likeness (QED) is 0.820. The maximum atomic E-state index is 12.6. The summed E-state index contributed by atoms with van der Waals surface area (Å²) in [6, 6.07) is 4.20. The minimum Gasteiger partial charge on any atom is -0.331 e. The molecule has 0 N–H and O–H groups in total. The van der Waals surface area contributed by atoms with Crippen LogP contribution < -0.4 is 0 Å². The summed E-state index contributed by atoms with van der Waals surface area (Å²) in [5.74, 6) is 0.0206. The molecule has 114 valence electrons. The zero-order chi connectivity index (χ0) is 15.4. The Balaban J connectivity index is 2.12. The Morgan fingerprint density at radius 2 is 2.00 bits per heavy atom. The predicted octanol–water partition coefficient (Wildman–Crippen LogP) is 3.03. The monoisotopic (exact) mass is 323 g/mol. The number of carbonyl (C=O) groups is 1. The molecule has 0 aliphatic rings. The number of rotatable bonds is 6. The van der Waals surface area contributed by atoms with Crippen molar-refractivity contribution < 1.29 is 4.79 Å². The van der Waals surface area contributed by atoms with E-state index in [-0.39, 0.29) is 5.91 Å². The molecule has 0 unspecified atom stereocenters. The van der Waals surface area contributed by atoms with Gasteiger partial charge in [0.1, 0.15) is 5.69 Å². The molecule has 4 nitrogen and oxygen atoms in total. The van der Waals surface area contributed by atoms with E-state index >= 15 is 0 Å². The van der Waals surface area contributed by atoms with Crippen molar-refractivity contribution in [3.8, 4) is 0 Å². The van der Waals surface area contributed by atoms with E-state index < -0.39 is 0 Å². The topological polar surface area (TPSA) is 36.4 Å². The number of aromatic nitrogens is 1. The van der Waals surface area contributed by atoms with E-state index in [4.69, 9.17) is 0 Å². The number of hydrogen-bond acceptors (Lipinski definition) is 5. The van der Waals surface area contributed by atoms with Gasteiger partial charge in [-0.1, -0.05) is 0 Å². The first-order chi connectivity index (χ1) is 9.95. The zero-order valence-electron chi connectivity index (χ0n) is 12.9. The van der Waals surface area contributed by atoms with Gasteiger partial charge in [0.25, 0.3) is 5.91 Å². The third-order valence-corrected chi connectivity index (χ3v) is 4.84. The minimum atomic E-state index is 0.0206. The van der Waals surface area contributed by atoms with Crippen LogP contribution >= 0.6 is 22.7 Å². The number of nitrogens with zero attached hydrogens (tertiary/aromatic N) is 3. The van der Waals surface area contributed by atoms with E-state index in [1.165, 1.54) is 21.1 Å². The average molecular weight is 323 g/mol. The molecule has 2 aromatic rings. The summed E-state index contributed by atoms with van der Waals surface area (Å²) in [5, 5.41) is 2.78. The lowest BCUT2D eigenvalue weighted by molar-refractivity contribution is 0.0728. The SMILES string of the molecule is Cc1ccc(CN(CCN(C)C)C(=O)c2csc(C)n2)s1. The molecular formula is C15H21N3OS2. The molecule has 0 aromatic carbocycles. The van der Waals surface area contributed by atoms with E-state index in [1.807, 2.05) is 31.3 Å². The van der Waals surface area contributed by atoms with Crippen molar-refractivity contribution in [3.05, 3.63) is 38.0 Å². The molecule has 0 saturated heterocycles. The molecule has 6 heteroatoms. The van der Waals surface area contributed by atoms with E-state index in [0.29, 0.717) is 18.8 Å². The van der Waals surface area contributed by atoms with E-state index in [1.54, 1.807) is 11.3 Å². The Bertz CT molecular complexity index is 604. The maximum absolute atomic E-state index is 12.6. The lowest BCUT2D eigenvalue weighted by Gasteiger charge is -2.23. The number of carbonyl (C=O) groups excluding carboxylic acids is 1. The lowest BCUT2D eigenvalue weighted by Crippen LogP contribution is -2.36. The number of aryl methyl sites for hydroxylation is 2. The van der Waals surface area contributed by atoms with Gasteiger partial charge < -0.3 is 9.80 Å². The first-order valence-corrected chi connectivity index (χ1v) is 8.57. The van der Waals surface area contributed by atoms with Gasteiger partial charge >= 0.3 is 0 Å². The van der Waals surface area contributed by atoms with Crippen molar-refractivity contribution in [2.75, 3.05) is 27.2 Å². The Labute approximate surface area is 134 Å². The van der Waals surface area contributed by atoms with Crippen molar-refractivity contribution >= 4 is 28.6 Å². The number of likely N-dealkylation sites (N-methyl/N-ethyl adjacent to an activating group) is 1. The van der Waals surface area contributed by atoms with Crippen LogP contribution in [0, 0.1) is 13.8 Å². The average Bonchev–Trinajstić information content (AvgIpc) is 3.02. The highest BCUT2D eigenvalue weighted by Gasteiger charge is 2.19. The minimum absolute atomic E-state index is 0.0206. The summed E-state index contributed by atoms with van der Waals surface area (Å²) in [6.45, 7) is 6.22. The lowest BCUT2D eigenvalue weighted by atomic mass is 10.3. The first-order valence-electron chi connectivity index (χ1n) is 6.87. The van der Waals surface area contributed by atoms with E-state index in [0.717, 1.165) is 11.6 Å². The van der Waals surface area contributed by atoms with Crippen LogP contribution in [0.25, 0.3) is 0 Å². The third-order valence-electron chi connectivity index (χ3n) is 3.09. The number of thiazole rings is 1. The van der Waals surface area contributed by atoms with Gasteiger partial charge in [0, 0.05) is 28.2 Å². The molecule has 0 spiro atoms. The van der Waals surface area contributed by atoms with Crippen LogP contribution in [0.3, 0.4) is 0 Å². The van der Waals surface area contributed by atoms with Gasteiger partial charge in [0.15, 0.2) is 0 Å². The molecule has 0 bridgehead atoms. The van der Waals surface area contributed by atoms with Gasteiger partial charge in [0.2, 0.25) is 0 Å². The molecular weight excluding hydrogens is 302 g/mol. The first kappa shape index (κ1) is 16.1. The number of thiophene rings is 1. The Morgan fingerprint density at radius 3 is 2.52 bits per heavy atom. The summed E-state index contributed by atoms with van der Waals surface area (Å²) < 4.78 is 0. The van der Waals surface area contributed by atoms with Gasteiger partial charge in [0.05, 0.1) is 11.6 Å². The van der Waals surface area contributed by atoms with E-state index in [9.17, 15) is 4.79 Å². The molecule has 2 heterocycles. The molecule has 0 aliphatic heterocycles. The van der Waals surface area contributed by atoms with Crippen molar-refractivity contribution in [2.45, 2.75) is 20.4 Å². The maximum Gasteiger partial charge on any atom is 0.273 e. The zero-order valence-corrected chi connectivity index (χ0v) is 14.6. The molecule has 0 aliphatic carbocycles. The molecule has 0 radical (unpaired) electrons. The van der Waals surface area contributed by atoms with Crippen molar-refractivity contribution in [1.29, 1.82) is 0 Å². The van der Waals surface area contributed by atoms with Gasteiger partial charge in [-0.25, -0.2) is 4.98 Å². The van der Waals surface area contributed by atoms with Crippen LogP contribution in [0.5, 0.6) is 0 Å². The van der Waals surface area contributed by atoms with Crippen molar-refractivity contribution in [3.63, 3.8) is 0 Å². The Morgan fingerprint density at radius 1 is 1.24 bits per heavy atom. The largest absolute Gasteiger partial charge is 0.331 e. The fourth-order valence-electron chi connectivity index (χ4n) is 1.95. The normalized spacial score (nSPS) is 11.1. The van der Waals surface area contributed by atoms with Gasteiger partial charge in [-0.15, -0.1) is 22.7 Å². The second kappa shape index (κ2) is 7.15. The standard InChI is InChI=1S/C15H21N3OS2/c1-11-5-6-13(21-11)9-18(8-7-17(3)4)15(19)14-10-20-12(2)16-14/h5-6,10H,7-9H2,1-4H3. The summed E-state index contributed by atoms with van der Waals surface area (Å²) in [4.78, 5) is 23.4. The molecule has 0 fully saturated rings. The highest BCUT2D eigenvalue weighted by Crippen LogP contribution is 2.19. The van der Waals surface area contributed by atoms with Gasteiger partial charge in [-0.05, 0) is 40.1 Å². The number of amides is 1. The molecule has 1 amide bonds. The van der Waals surface area contributed by atoms with Crippen LogP contribution in [0.4, 0.5) is 0 Å². The second-order valence-corrected chi connectivity index (χ2v) is 7.73. The van der Waals surface area contributed by atoms with Crippen molar-refractivity contribution in [1.82, 2.24) is 14.8 Å². The Kier molecular flexibility index (Phi) is 5.50. The fraction of sp³-hybridized carbons (Fsp3) is 0.467. The molecule has 21 heavy (non-hydrogen) atoms. The van der Waals surface area contributed by atoms with Crippen LogP contribution in [0.1, 0.15) is 25.3 Å². The van der Waals surface area contributed by atoms with Crippen molar-refractivity contribution in [2.24, 2.45) is 0 Å². The van der Waals surface area contributed by atoms with Crippen LogP contribution in [0.15, 0.2) is 17.5 Å². The summed E-state index contributed by atoms with van der Waals surface area (Å²) >= 11 is 3.26. The molecule has 0 atom stereocenters. The van der Waals surface area contributed by atoms with Crippen LogP contribution in [0.2, 0.25) is 0 Å². The molecule has 0 saturated carbocycles. The predicted molar refractivity (Wildman–Crippen MR) is 89.2 cm³/mol. The van der Waals surface area contributed by atoms with Gasteiger partial charge in [-0.2, -0.15) is 0 Å². The van der Waals surface area contributed by atoms with E-state index in [2.05, 4.69) is 28.9 Å². The van der Waals surface area contributed by atoms with Crippen LogP contribution in [-0.2, 0) is 6.54 Å². The Hall–Kier alpha value is -1.24. The molecule has 2 aromatic heterocycles.